The number of rotatable bonds is 10. The summed E-state index contributed by atoms with van der Waals surface area (Å²) in [5.41, 5.74) is 0. The van der Waals surface area contributed by atoms with E-state index < -0.39 is 6.04 Å². The van der Waals surface area contributed by atoms with E-state index in [1.54, 1.807) is 0 Å². The molecule has 2 aromatic rings. The van der Waals surface area contributed by atoms with Gasteiger partial charge in [0.2, 0.25) is 0 Å². The van der Waals surface area contributed by atoms with E-state index in [2.05, 4.69) is 67.6 Å². The molecule has 2 aromatic carbocycles. The number of hydrogen-bond donors (Lipinski definition) is 0. The van der Waals surface area contributed by atoms with Crippen molar-refractivity contribution in [3.63, 3.8) is 0 Å². The summed E-state index contributed by atoms with van der Waals surface area (Å²) in [5, 5.41) is 5.50. The van der Waals surface area contributed by atoms with E-state index in [4.69, 9.17) is 11.8 Å². The molecule has 0 aromatic heterocycles. The fraction of sp³-hybridized carbons (Fsp3) is 0.400. The van der Waals surface area contributed by atoms with Gasteiger partial charge >= 0.3 is 153 Å². The van der Waals surface area contributed by atoms with Crippen LogP contribution in [0.3, 0.4) is 0 Å². The van der Waals surface area contributed by atoms with Crippen LogP contribution in [0.25, 0.3) is 0 Å². The van der Waals surface area contributed by atoms with Crippen LogP contribution in [-0.4, -0.2) is 21.1 Å². The van der Waals surface area contributed by atoms with E-state index in [0.29, 0.717) is 0 Å². The van der Waals surface area contributed by atoms with E-state index in [1.807, 2.05) is 0 Å². The summed E-state index contributed by atoms with van der Waals surface area (Å²) in [6, 6.07) is 20.0. The quantitative estimate of drug-likeness (QED) is 0.294. The first-order chi connectivity index (χ1) is 11.3. The molecule has 0 nitrogen and oxygen atoms in total. The van der Waals surface area contributed by atoms with Crippen LogP contribution in [0.4, 0.5) is 0 Å². The fourth-order valence-electron chi connectivity index (χ4n) is 2.67. The Labute approximate surface area is 153 Å². The Morgan fingerprint density at radius 2 is 1.35 bits per heavy atom. The predicted octanol–water partition coefficient (Wildman–Crippen LogP) is 5.24. The standard InChI is InChI=1S/C20H27PSSe/c1-2-3-4-11-17-23-18-16-21(22,19-12-7-5-8-13-19)20-14-9-6-10-15-20/h5-10,12-15H,2-4,11,16-18H2,1H3. The van der Waals surface area contributed by atoms with Gasteiger partial charge in [-0.1, -0.05) is 0 Å². The van der Waals surface area contributed by atoms with Gasteiger partial charge in [0, 0.05) is 0 Å². The molecular weight excluding hydrogens is 382 g/mol. The second-order valence-corrected chi connectivity index (χ2v) is 13.2. The molecular formula is C20H27PSSe. The molecule has 0 radical (unpaired) electrons. The van der Waals surface area contributed by atoms with E-state index in [-0.39, 0.29) is 0 Å². The zero-order valence-corrected chi connectivity index (χ0v) is 17.4. The van der Waals surface area contributed by atoms with Crippen LogP contribution in [0, 0.1) is 0 Å². The van der Waals surface area contributed by atoms with E-state index in [0.717, 1.165) is 15.0 Å². The molecule has 3 heteroatoms. The maximum atomic E-state index is 6.28. The molecule has 0 aliphatic rings. The van der Waals surface area contributed by atoms with Crippen LogP contribution in [0.2, 0.25) is 10.6 Å². The number of unbranched alkanes of at least 4 members (excludes halogenated alkanes) is 3. The van der Waals surface area contributed by atoms with Gasteiger partial charge in [-0.2, -0.15) is 0 Å². The molecule has 0 unspecified atom stereocenters. The molecule has 0 aliphatic carbocycles. The van der Waals surface area contributed by atoms with Crippen molar-refractivity contribution < 1.29 is 0 Å². The summed E-state index contributed by atoms with van der Waals surface area (Å²) in [5.74, 6) is 0. The van der Waals surface area contributed by atoms with Gasteiger partial charge in [-0.05, 0) is 0 Å². The van der Waals surface area contributed by atoms with Crippen molar-refractivity contribution in [3.05, 3.63) is 60.7 Å². The van der Waals surface area contributed by atoms with E-state index >= 15 is 0 Å². The van der Waals surface area contributed by atoms with Crippen molar-refractivity contribution in [3.8, 4) is 0 Å². The Kier molecular flexibility index (Phi) is 8.62. The average molecular weight is 409 g/mol. The van der Waals surface area contributed by atoms with Crippen molar-refractivity contribution >= 4 is 43.4 Å². The van der Waals surface area contributed by atoms with Crippen LogP contribution < -0.4 is 10.6 Å². The van der Waals surface area contributed by atoms with Gasteiger partial charge in [-0.25, -0.2) is 0 Å². The Morgan fingerprint density at radius 3 is 1.87 bits per heavy atom. The van der Waals surface area contributed by atoms with Crippen molar-refractivity contribution in [2.24, 2.45) is 0 Å². The van der Waals surface area contributed by atoms with Crippen LogP contribution in [0.15, 0.2) is 60.7 Å². The Balaban J connectivity index is 2.00. The van der Waals surface area contributed by atoms with Crippen molar-refractivity contribution in [2.45, 2.75) is 43.2 Å². The SMILES string of the molecule is CCCCCC[Se]CCP(=S)(c1ccccc1)c1ccccc1. The normalized spacial score (nSPS) is 11.5. The first-order valence-corrected chi connectivity index (χ1v) is 14.0. The molecule has 0 spiro atoms. The average Bonchev–Trinajstić information content (AvgIpc) is 2.62. The summed E-state index contributed by atoms with van der Waals surface area (Å²) < 4.78 is 0. The van der Waals surface area contributed by atoms with E-state index in [1.165, 1.54) is 53.1 Å². The van der Waals surface area contributed by atoms with Gasteiger partial charge in [-0.15, -0.1) is 0 Å². The first kappa shape index (κ1) is 18.9. The molecule has 0 fully saturated rings. The van der Waals surface area contributed by atoms with Crippen LogP contribution >= 0.6 is 6.04 Å². The molecule has 23 heavy (non-hydrogen) atoms. The van der Waals surface area contributed by atoms with Crippen molar-refractivity contribution in [1.82, 2.24) is 0 Å². The van der Waals surface area contributed by atoms with Gasteiger partial charge in [-0.3, -0.25) is 0 Å². The monoisotopic (exact) mass is 410 g/mol. The van der Waals surface area contributed by atoms with Crippen molar-refractivity contribution in [1.29, 1.82) is 0 Å². The predicted molar refractivity (Wildman–Crippen MR) is 111 cm³/mol. The molecule has 2 rings (SSSR count). The zero-order valence-electron chi connectivity index (χ0n) is 14.0. The minimum atomic E-state index is -1.64. The van der Waals surface area contributed by atoms with E-state index in [9.17, 15) is 0 Å². The molecule has 0 heterocycles. The molecule has 0 bridgehead atoms. The third-order valence-electron chi connectivity index (χ3n) is 4.04. The summed E-state index contributed by atoms with van der Waals surface area (Å²) >= 11 is 7.03. The Morgan fingerprint density at radius 1 is 0.783 bits per heavy atom. The minimum absolute atomic E-state index is 0.751. The van der Waals surface area contributed by atoms with Gasteiger partial charge in [0.05, 0.1) is 0 Å². The van der Waals surface area contributed by atoms with Gasteiger partial charge in [0.25, 0.3) is 0 Å². The summed E-state index contributed by atoms with van der Waals surface area (Å²) in [6.45, 7) is 2.28. The summed E-state index contributed by atoms with van der Waals surface area (Å²) in [6.07, 6.45) is 6.72. The van der Waals surface area contributed by atoms with Crippen molar-refractivity contribution in [2.75, 3.05) is 6.16 Å². The molecule has 0 saturated carbocycles. The third-order valence-corrected chi connectivity index (χ3v) is 11.9. The van der Waals surface area contributed by atoms with Gasteiger partial charge in [0.1, 0.15) is 0 Å². The van der Waals surface area contributed by atoms with Gasteiger partial charge in [0.15, 0.2) is 0 Å². The number of hydrogen-bond acceptors (Lipinski definition) is 1. The summed E-state index contributed by atoms with van der Waals surface area (Å²) in [4.78, 5) is 0. The van der Waals surface area contributed by atoms with Gasteiger partial charge < -0.3 is 0 Å². The van der Waals surface area contributed by atoms with Crippen LogP contribution in [0.1, 0.15) is 32.6 Å². The molecule has 0 amide bonds. The molecule has 0 N–H and O–H groups in total. The van der Waals surface area contributed by atoms with Crippen LogP contribution in [0.5, 0.6) is 0 Å². The molecule has 124 valence electrons. The third kappa shape index (κ3) is 5.87. The first-order valence-electron chi connectivity index (χ1n) is 8.55. The second-order valence-electron chi connectivity index (χ2n) is 5.81. The zero-order chi connectivity index (χ0) is 16.4. The second kappa shape index (κ2) is 10.5. The van der Waals surface area contributed by atoms with Crippen LogP contribution in [-0.2, 0) is 11.8 Å². The molecule has 0 aliphatic heterocycles. The molecule has 0 atom stereocenters. The number of benzene rings is 2. The topological polar surface area (TPSA) is 0 Å². The maximum absolute atomic E-state index is 6.28. The Bertz CT molecular complexity index is 554. The molecule has 0 saturated heterocycles. The Hall–Kier alpha value is -0.391. The fourth-order valence-corrected chi connectivity index (χ4v) is 10.8. The summed E-state index contributed by atoms with van der Waals surface area (Å²) in [7, 11) is 0.